The van der Waals surface area contributed by atoms with Crippen LogP contribution in [0.3, 0.4) is 0 Å². The van der Waals surface area contributed by atoms with Crippen LogP contribution in [0.5, 0.6) is 5.75 Å². The number of rotatable bonds is 6. The van der Waals surface area contributed by atoms with E-state index in [4.69, 9.17) is 4.74 Å². The monoisotopic (exact) mass is 423 g/mol. The van der Waals surface area contributed by atoms with Crippen LogP contribution in [0, 0.1) is 0 Å². The zero-order valence-corrected chi connectivity index (χ0v) is 18.6. The van der Waals surface area contributed by atoms with E-state index in [1.165, 1.54) is 37.5 Å². The van der Waals surface area contributed by atoms with Gasteiger partial charge in [-0.05, 0) is 52.4 Å². The summed E-state index contributed by atoms with van der Waals surface area (Å²) in [5.74, 6) is 0.911. The third kappa shape index (κ3) is 3.83. The van der Waals surface area contributed by atoms with Crippen molar-refractivity contribution in [2.75, 3.05) is 7.11 Å². The third-order valence-corrected chi connectivity index (χ3v) is 6.90. The van der Waals surface area contributed by atoms with Crippen molar-refractivity contribution in [3.63, 3.8) is 0 Å². The van der Waals surface area contributed by atoms with Crippen molar-refractivity contribution in [2.24, 2.45) is 0 Å². The van der Waals surface area contributed by atoms with Gasteiger partial charge < -0.3 is 10.1 Å². The van der Waals surface area contributed by atoms with E-state index in [0.717, 1.165) is 17.9 Å². The van der Waals surface area contributed by atoms with Crippen molar-refractivity contribution >= 4 is 32.2 Å². The van der Waals surface area contributed by atoms with Crippen LogP contribution >= 0.6 is 11.3 Å². The molecule has 0 spiro atoms. The summed E-state index contributed by atoms with van der Waals surface area (Å²) in [6.07, 6.45) is 0. The molecule has 0 fully saturated rings. The lowest BCUT2D eigenvalue weighted by Crippen LogP contribution is -2.18. The maximum Gasteiger partial charge on any atom is 0.126 e. The average Bonchev–Trinajstić information content (AvgIpc) is 3.26. The van der Waals surface area contributed by atoms with Crippen LogP contribution in [-0.2, 0) is 6.54 Å². The minimum atomic E-state index is 0.249. The Morgan fingerprint density at radius 3 is 2.48 bits per heavy atom. The predicted octanol–water partition coefficient (Wildman–Crippen LogP) is 7.58. The Kier molecular flexibility index (Phi) is 5.46. The molecule has 1 atom stereocenters. The highest BCUT2D eigenvalue weighted by atomic mass is 32.1. The van der Waals surface area contributed by atoms with Crippen molar-refractivity contribution in [1.29, 1.82) is 0 Å². The molecule has 0 unspecified atom stereocenters. The predicted molar refractivity (Wildman–Crippen MR) is 133 cm³/mol. The Balaban J connectivity index is 1.43. The number of fused-ring (bicyclic) bond motifs is 2. The molecule has 5 aromatic rings. The van der Waals surface area contributed by atoms with E-state index < -0.39 is 0 Å². The molecule has 0 saturated heterocycles. The topological polar surface area (TPSA) is 21.3 Å². The molecule has 4 aromatic carbocycles. The molecule has 0 aliphatic heterocycles. The second-order valence-electron chi connectivity index (χ2n) is 7.85. The molecule has 1 aromatic heterocycles. The van der Waals surface area contributed by atoms with Gasteiger partial charge in [0.25, 0.3) is 0 Å². The van der Waals surface area contributed by atoms with Crippen molar-refractivity contribution in [3.8, 4) is 16.9 Å². The van der Waals surface area contributed by atoms with Gasteiger partial charge in [0.1, 0.15) is 5.75 Å². The Bertz CT molecular complexity index is 1350. The molecular formula is C28H25NOS. The molecule has 5 rings (SSSR count). The number of benzene rings is 4. The van der Waals surface area contributed by atoms with Crippen molar-refractivity contribution in [2.45, 2.75) is 19.5 Å². The lowest BCUT2D eigenvalue weighted by molar-refractivity contribution is 0.416. The Labute approximate surface area is 187 Å². The van der Waals surface area contributed by atoms with Crippen molar-refractivity contribution in [3.05, 3.63) is 101 Å². The number of nitrogens with one attached hydrogen (secondary N) is 1. The molecular weight excluding hydrogens is 398 g/mol. The van der Waals surface area contributed by atoms with Gasteiger partial charge in [0.05, 0.1) is 7.11 Å². The first kappa shape index (κ1) is 19.8. The molecule has 1 heterocycles. The molecule has 0 saturated carbocycles. The van der Waals surface area contributed by atoms with Crippen LogP contribution in [-0.4, -0.2) is 7.11 Å². The molecule has 1 N–H and O–H groups in total. The molecule has 0 amide bonds. The molecule has 0 aliphatic carbocycles. The summed E-state index contributed by atoms with van der Waals surface area (Å²) in [5, 5.41) is 9.82. The van der Waals surface area contributed by atoms with Gasteiger partial charge in [-0.1, -0.05) is 66.7 Å². The largest absolute Gasteiger partial charge is 0.496 e. The van der Waals surface area contributed by atoms with Crippen LogP contribution in [0.15, 0.2) is 90.3 Å². The fraction of sp³-hybridized carbons (Fsp3) is 0.143. The highest BCUT2D eigenvalue weighted by Gasteiger charge is 2.13. The van der Waals surface area contributed by atoms with E-state index in [-0.39, 0.29) is 6.04 Å². The van der Waals surface area contributed by atoms with Crippen molar-refractivity contribution in [1.82, 2.24) is 5.32 Å². The quantitative estimate of drug-likeness (QED) is 0.304. The Hall–Kier alpha value is -3.14. The number of hydrogen-bond donors (Lipinski definition) is 1. The molecule has 2 nitrogen and oxygen atoms in total. The lowest BCUT2D eigenvalue weighted by Gasteiger charge is -2.17. The van der Waals surface area contributed by atoms with Crippen LogP contribution in [0.1, 0.15) is 24.1 Å². The highest BCUT2D eigenvalue weighted by Crippen LogP contribution is 2.39. The minimum absolute atomic E-state index is 0.249. The van der Waals surface area contributed by atoms with E-state index in [2.05, 4.69) is 103 Å². The normalized spacial score (nSPS) is 12.3. The van der Waals surface area contributed by atoms with E-state index in [0.29, 0.717) is 0 Å². The summed E-state index contributed by atoms with van der Waals surface area (Å²) in [7, 11) is 1.74. The van der Waals surface area contributed by atoms with E-state index in [9.17, 15) is 0 Å². The van der Waals surface area contributed by atoms with Gasteiger partial charge in [-0.3, -0.25) is 0 Å². The summed E-state index contributed by atoms with van der Waals surface area (Å²) in [5.41, 5.74) is 4.97. The van der Waals surface area contributed by atoms with Crippen molar-refractivity contribution < 1.29 is 4.74 Å². The summed E-state index contributed by atoms with van der Waals surface area (Å²) in [6, 6.07) is 30.4. The maximum absolute atomic E-state index is 5.70. The first-order valence-corrected chi connectivity index (χ1v) is 11.5. The van der Waals surface area contributed by atoms with Gasteiger partial charge in [0, 0.05) is 33.8 Å². The summed E-state index contributed by atoms with van der Waals surface area (Å²) < 4.78 is 7.00. The van der Waals surface area contributed by atoms with Gasteiger partial charge in [-0.25, -0.2) is 0 Å². The van der Waals surface area contributed by atoms with Gasteiger partial charge in [0.2, 0.25) is 0 Å². The zero-order chi connectivity index (χ0) is 21.2. The highest BCUT2D eigenvalue weighted by molar-refractivity contribution is 7.17. The van der Waals surface area contributed by atoms with E-state index in [1.807, 2.05) is 0 Å². The second kappa shape index (κ2) is 8.54. The summed E-state index contributed by atoms with van der Waals surface area (Å²) in [6.45, 7) is 3.03. The Morgan fingerprint density at radius 1 is 0.839 bits per heavy atom. The standard InChI is InChI=1S/C28H25NOS/c1-19(22-12-7-9-21-8-3-4-10-23(21)22)29-17-20-14-15-27(30-2)25(16-20)26-18-31-28-13-6-5-11-24(26)28/h3-16,18-19,29H,17H2,1-2H3/t19-/m1/s1. The Morgan fingerprint density at radius 2 is 1.61 bits per heavy atom. The number of ether oxygens (including phenoxy) is 1. The smallest absolute Gasteiger partial charge is 0.126 e. The number of hydrogen-bond acceptors (Lipinski definition) is 3. The van der Waals surface area contributed by atoms with Gasteiger partial charge in [-0.2, -0.15) is 0 Å². The molecule has 0 bridgehead atoms. The van der Waals surface area contributed by atoms with Gasteiger partial charge in [-0.15, -0.1) is 11.3 Å². The molecule has 154 valence electrons. The summed E-state index contributed by atoms with van der Waals surface area (Å²) in [4.78, 5) is 0. The second-order valence-corrected chi connectivity index (χ2v) is 8.76. The van der Waals surface area contributed by atoms with Crippen LogP contribution in [0.2, 0.25) is 0 Å². The summed E-state index contributed by atoms with van der Waals surface area (Å²) >= 11 is 1.78. The molecule has 3 heteroatoms. The van der Waals surface area contributed by atoms with E-state index in [1.54, 1.807) is 18.4 Å². The van der Waals surface area contributed by atoms with Gasteiger partial charge in [0.15, 0.2) is 0 Å². The lowest BCUT2D eigenvalue weighted by atomic mass is 9.99. The first-order chi connectivity index (χ1) is 15.2. The molecule has 0 aliphatic rings. The maximum atomic E-state index is 5.70. The molecule has 31 heavy (non-hydrogen) atoms. The fourth-order valence-electron chi connectivity index (χ4n) is 4.27. The zero-order valence-electron chi connectivity index (χ0n) is 17.8. The SMILES string of the molecule is COc1ccc(CN[C@H](C)c2cccc3ccccc23)cc1-c1csc2ccccc12. The third-order valence-electron chi connectivity index (χ3n) is 5.94. The number of thiophene rings is 1. The van der Waals surface area contributed by atoms with E-state index >= 15 is 0 Å². The van der Waals surface area contributed by atoms with Crippen LogP contribution < -0.4 is 10.1 Å². The number of methoxy groups -OCH3 is 1. The average molecular weight is 424 g/mol. The molecule has 0 radical (unpaired) electrons. The fourth-order valence-corrected chi connectivity index (χ4v) is 5.23. The van der Waals surface area contributed by atoms with Crippen LogP contribution in [0.4, 0.5) is 0 Å². The minimum Gasteiger partial charge on any atom is -0.496 e. The first-order valence-electron chi connectivity index (χ1n) is 10.6. The van der Waals surface area contributed by atoms with Gasteiger partial charge >= 0.3 is 0 Å². The van der Waals surface area contributed by atoms with Crippen LogP contribution in [0.25, 0.3) is 32.0 Å².